The fourth-order valence-corrected chi connectivity index (χ4v) is 2.00. The van der Waals surface area contributed by atoms with Crippen molar-refractivity contribution >= 4 is 29.1 Å². The predicted octanol–water partition coefficient (Wildman–Crippen LogP) is 4.18. The van der Waals surface area contributed by atoms with Crippen molar-refractivity contribution in [3.05, 3.63) is 33.9 Å². The molecule has 0 saturated carbocycles. The Bertz CT molecular complexity index is 537. The molecule has 0 fully saturated rings. The number of aromatic nitrogens is 1. The summed E-state index contributed by atoms with van der Waals surface area (Å²) in [6.45, 7) is 2.07. The van der Waals surface area contributed by atoms with Gasteiger partial charge in [-0.3, -0.25) is 0 Å². The maximum absolute atomic E-state index is 5.99. The zero-order chi connectivity index (χ0) is 12.4. The number of rotatable bonds is 3. The van der Waals surface area contributed by atoms with Crippen LogP contribution in [0.15, 0.2) is 22.7 Å². The molecule has 0 aliphatic carbocycles. The molecule has 90 valence electrons. The van der Waals surface area contributed by atoms with E-state index in [9.17, 15) is 0 Å². The van der Waals surface area contributed by atoms with E-state index in [2.05, 4.69) is 12.1 Å². The Morgan fingerprint density at radius 1 is 1.29 bits per heavy atom. The summed E-state index contributed by atoms with van der Waals surface area (Å²) < 4.78 is 5.02. The maximum Gasteiger partial charge on any atom is 0.230 e. The third kappa shape index (κ3) is 2.40. The van der Waals surface area contributed by atoms with E-state index in [-0.39, 0.29) is 0 Å². The van der Waals surface area contributed by atoms with Gasteiger partial charge < -0.3 is 10.3 Å². The van der Waals surface area contributed by atoms with Crippen LogP contribution < -0.4 is 5.73 Å². The second kappa shape index (κ2) is 4.98. The van der Waals surface area contributed by atoms with E-state index in [0.29, 0.717) is 15.9 Å². The first-order valence-electron chi connectivity index (χ1n) is 5.33. The normalized spacial score (nSPS) is 10.8. The van der Waals surface area contributed by atoms with Gasteiger partial charge in [-0.25, -0.2) is 0 Å². The lowest BCUT2D eigenvalue weighted by molar-refractivity contribution is 0.427. The zero-order valence-electron chi connectivity index (χ0n) is 9.34. The first-order chi connectivity index (χ1) is 8.13. The topological polar surface area (TPSA) is 52.0 Å². The van der Waals surface area contributed by atoms with E-state index >= 15 is 0 Å². The number of hydrogen-bond acceptors (Lipinski definition) is 3. The molecule has 0 aliphatic rings. The number of anilines is 1. The van der Waals surface area contributed by atoms with Gasteiger partial charge in [0.05, 0.1) is 21.3 Å². The summed E-state index contributed by atoms with van der Waals surface area (Å²) in [6.07, 6.45) is 1.79. The SMILES string of the molecule is CCCc1noc(N)c1-c1ccc(Cl)c(Cl)c1. The largest absolute Gasteiger partial charge is 0.367 e. The van der Waals surface area contributed by atoms with E-state index in [4.69, 9.17) is 33.5 Å². The lowest BCUT2D eigenvalue weighted by atomic mass is 10.0. The highest BCUT2D eigenvalue weighted by molar-refractivity contribution is 6.42. The number of benzene rings is 1. The van der Waals surface area contributed by atoms with Crippen molar-refractivity contribution in [3.63, 3.8) is 0 Å². The minimum atomic E-state index is 0.312. The smallest absolute Gasteiger partial charge is 0.230 e. The third-order valence-corrected chi connectivity index (χ3v) is 3.22. The Morgan fingerprint density at radius 3 is 2.71 bits per heavy atom. The molecule has 0 spiro atoms. The molecule has 0 bridgehead atoms. The molecule has 0 aliphatic heterocycles. The first kappa shape index (κ1) is 12.3. The van der Waals surface area contributed by atoms with Gasteiger partial charge in [0.1, 0.15) is 0 Å². The molecular formula is C12H12Cl2N2O. The Hall–Kier alpha value is -1.19. The molecular weight excluding hydrogens is 259 g/mol. The molecule has 0 saturated heterocycles. The molecule has 2 aromatic rings. The zero-order valence-corrected chi connectivity index (χ0v) is 10.8. The van der Waals surface area contributed by atoms with E-state index in [1.54, 1.807) is 12.1 Å². The fourth-order valence-electron chi connectivity index (χ4n) is 1.71. The van der Waals surface area contributed by atoms with Crippen LogP contribution >= 0.6 is 23.2 Å². The first-order valence-corrected chi connectivity index (χ1v) is 6.08. The van der Waals surface area contributed by atoms with E-state index in [0.717, 1.165) is 29.7 Å². The number of nitrogens with zero attached hydrogens (tertiary/aromatic N) is 1. The molecule has 2 rings (SSSR count). The van der Waals surface area contributed by atoms with Gasteiger partial charge in [-0.2, -0.15) is 0 Å². The van der Waals surface area contributed by atoms with Gasteiger partial charge in [0, 0.05) is 0 Å². The van der Waals surface area contributed by atoms with Crippen molar-refractivity contribution in [2.24, 2.45) is 0 Å². The Morgan fingerprint density at radius 2 is 2.06 bits per heavy atom. The molecule has 0 unspecified atom stereocenters. The van der Waals surface area contributed by atoms with E-state index in [1.807, 2.05) is 6.07 Å². The average molecular weight is 271 g/mol. The summed E-state index contributed by atoms with van der Waals surface area (Å²) in [5, 5.41) is 4.97. The highest BCUT2D eigenvalue weighted by Gasteiger charge is 2.15. The minimum Gasteiger partial charge on any atom is -0.367 e. The van der Waals surface area contributed by atoms with Crippen molar-refractivity contribution in [2.45, 2.75) is 19.8 Å². The number of hydrogen-bond donors (Lipinski definition) is 1. The Labute approximate surface area is 109 Å². The van der Waals surface area contributed by atoms with Crippen LogP contribution in [0, 0.1) is 0 Å². The lowest BCUT2D eigenvalue weighted by Crippen LogP contribution is -1.90. The summed E-state index contributed by atoms with van der Waals surface area (Å²) >= 11 is 11.9. The molecule has 1 aromatic carbocycles. The maximum atomic E-state index is 5.99. The van der Waals surface area contributed by atoms with Crippen molar-refractivity contribution in [2.75, 3.05) is 5.73 Å². The van der Waals surface area contributed by atoms with Crippen molar-refractivity contribution < 1.29 is 4.52 Å². The fraction of sp³-hybridized carbons (Fsp3) is 0.250. The van der Waals surface area contributed by atoms with Crippen LogP contribution in [-0.2, 0) is 6.42 Å². The van der Waals surface area contributed by atoms with Gasteiger partial charge in [-0.05, 0) is 24.1 Å². The van der Waals surface area contributed by atoms with Crippen LogP contribution in [0.2, 0.25) is 10.0 Å². The molecule has 5 heteroatoms. The molecule has 2 N–H and O–H groups in total. The van der Waals surface area contributed by atoms with E-state index in [1.165, 1.54) is 0 Å². The Kier molecular flexibility index (Phi) is 3.60. The van der Waals surface area contributed by atoms with Crippen molar-refractivity contribution in [1.82, 2.24) is 5.16 Å². The number of nitrogens with two attached hydrogens (primary N) is 1. The monoisotopic (exact) mass is 270 g/mol. The second-order valence-corrected chi connectivity index (χ2v) is 4.56. The lowest BCUT2D eigenvalue weighted by Gasteiger charge is -2.03. The van der Waals surface area contributed by atoms with Gasteiger partial charge in [0.15, 0.2) is 0 Å². The summed E-state index contributed by atoms with van der Waals surface area (Å²) in [4.78, 5) is 0. The number of aryl methyl sites for hydroxylation is 1. The van der Waals surface area contributed by atoms with Gasteiger partial charge in [0.2, 0.25) is 5.88 Å². The van der Waals surface area contributed by atoms with Crippen molar-refractivity contribution in [3.8, 4) is 11.1 Å². The highest BCUT2D eigenvalue weighted by atomic mass is 35.5. The van der Waals surface area contributed by atoms with Crippen LogP contribution in [0.3, 0.4) is 0 Å². The van der Waals surface area contributed by atoms with Gasteiger partial charge >= 0.3 is 0 Å². The van der Waals surface area contributed by atoms with Crippen LogP contribution in [0.25, 0.3) is 11.1 Å². The van der Waals surface area contributed by atoms with Crippen LogP contribution in [0.5, 0.6) is 0 Å². The van der Waals surface area contributed by atoms with Gasteiger partial charge in [-0.15, -0.1) is 0 Å². The quantitative estimate of drug-likeness (QED) is 0.910. The average Bonchev–Trinajstić information content (AvgIpc) is 2.65. The summed E-state index contributed by atoms with van der Waals surface area (Å²) in [5.74, 6) is 0.312. The minimum absolute atomic E-state index is 0.312. The predicted molar refractivity (Wildman–Crippen MR) is 70.4 cm³/mol. The molecule has 3 nitrogen and oxygen atoms in total. The summed E-state index contributed by atoms with van der Waals surface area (Å²) in [7, 11) is 0. The molecule has 1 aromatic heterocycles. The number of halogens is 2. The standard InChI is InChI=1S/C12H12Cl2N2O/c1-2-3-10-11(12(15)17-16-10)7-4-5-8(13)9(14)6-7/h4-6H,2-3,15H2,1H3. The number of nitrogen functional groups attached to an aromatic ring is 1. The second-order valence-electron chi connectivity index (χ2n) is 3.75. The molecule has 17 heavy (non-hydrogen) atoms. The molecule has 0 radical (unpaired) electrons. The Balaban J connectivity index is 2.51. The third-order valence-electron chi connectivity index (χ3n) is 2.48. The van der Waals surface area contributed by atoms with Crippen molar-refractivity contribution in [1.29, 1.82) is 0 Å². The van der Waals surface area contributed by atoms with Crippen LogP contribution in [0.1, 0.15) is 19.0 Å². The summed E-state index contributed by atoms with van der Waals surface area (Å²) in [6, 6.07) is 5.36. The van der Waals surface area contributed by atoms with E-state index < -0.39 is 0 Å². The van der Waals surface area contributed by atoms with Gasteiger partial charge in [0.25, 0.3) is 0 Å². The molecule has 0 amide bonds. The highest BCUT2D eigenvalue weighted by Crippen LogP contribution is 2.34. The summed E-state index contributed by atoms with van der Waals surface area (Å²) in [5.41, 5.74) is 8.32. The van der Waals surface area contributed by atoms with Gasteiger partial charge in [-0.1, -0.05) is 47.8 Å². The molecule has 1 heterocycles. The molecule has 0 atom stereocenters. The van der Waals surface area contributed by atoms with Crippen LogP contribution in [-0.4, -0.2) is 5.16 Å². The van der Waals surface area contributed by atoms with Crippen LogP contribution in [0.4, 0.5) is 5.88 Å².